The van der Waals surface area contributed by atoms with Gasteiger partial charge in [-0.15, -0.1) is 0 Å². The summed E-state index contributed by atoms with van der Waals surface area (Å²) in [5.74, 6) is 0.614. The Morgan fingerprint density at radius 3 is 2.58 bits per heavy atom. The van der Waals surface area contributed by atoms with Gasteiger partial charge in [-0.05, 0) is 0 Å². The number of ether oxygens (including phenoxy) is 3. The molecule has 2 N–H and O–H groups in total. The molecule has 1 aliphatic heterocycles. The lowest BCUT2D eigenvalue weighted by Crippen LogP contribution is -2.37. The zero-order chi connectivity index (χ0) is 19.0. The molecule has 0 saturated heterocycles. The van der Waals surface area contributed by atoms with Crippen molar-refractivity contribution in [2.45, 2.75) is 6.54 Å². The fourth-order valence-corrected chi connectivity index (χ4v) is 3.10. The molecule has 26 heavy (non-hydrogen) atoms. The van der Waals surface area contributed by atoms with E-state index in [1.165, 1.54) is 27.5 Å². The quantitative estimate of drug-likeness (QED) is 0.449. The van der Waals surface area contributed by atoms with Crippen LogP contribution in [-0.4, -0.2) is 43.6 Å². The van der Waals surface area contributed by atoms with Gasteiger partial charge in [0.1, 0.15) is 17.5 Å². The number of rotatable bonds is 5. The number of nitrogen functional groups attached to an aromatic ring is 1. The Balaban J connectivity index is 2.08. The van der Waals surface area contributed by atoms with Crippen LogP contribution in [0.15, 0.2) is 6.20 Å². The Morgan fingerprint density at radius 1 is 1.27 bits per heavy atom. The molecule has 0 bridgehead atoms. The molecule has 0 radical (unpaired) electrons. The Hall–Kier alpha value is -3.01. The van der Waals surface area contributed by atoms with Crippen molar-refractivity contribution in [2.75, 3.05) is 38.5 Å². The number of fused-ring (bicyclic) bond motifs is 1. The number of nitrogens with two attached hydrogens (primary N) is 1. The molecule has 0 saturated carbocycles. The lowest BCUT2D eigenvalue weighted by molar-refractivity contribution is -0.614. The largest absolute Gasteiger partial charge is 0.618 e. The second-order valence-corrected chi connectivity index (χ2v) is 5.74. The van der Waals surface area contributed by atoms with Crippen molar-refractivity contribution in [3.63, 3.8) is 0 Å². The summed E-state index contributed by atoms with van der Waals surface area (Å²) in [6.07, 6.45) is 1.22. The van der Waals surface area contributed by atoms with Crippen LogP contribution in [0.25, 0.3) is 0 Å². The van der Waals surface area contributed by atoms with E-state index < -0.39 is 0 Å². The van der Waals surface area contributed by atoms with E-state index in [2.05, 4.69) is 9.97 Å². The molecule has 3 rings (SSSR count). The number of carbonyl (C=O) groups is 1. The minimum absolute atomic E-state index is 0.0125. The molecule has 0 fully saturated rings. The number of carbonyl (C=O) groups excluding carboxylic acids is 1. The third-order valence-electron chi connectivity index (χ3n) is 3.94. The van der Waals surface area contributed by atoms with Gasteiger partial charge in [0, 0.05) is 0 Å². The summed E-state index contributed by atoms with van der Waals surface area (Å²) in [6, 6.07) is 0. The van der Waals surface area contributed by atoms with Crippen LogP contribution >= 0.6 is 11.6 Å². The van der Waals surface area contributed by atoms with Crippen molar-refractivity contribution in [1.29, 1.82) is 0 Å². The molecule has 1 aliphatic rings. The molecule has 2 aromatic heterocycles. The van der Waals surface area contributed by atoms with E-state index in [9.17, 15) is 10.0 Å². The normalized spacial score (nSPS) is 12.9. The first-order valence-electron chi connectivity index (χ1n) is 7.43. The smallest absolute Gasteiger partial charge is 0.258 e. The first kappa shape index (κ1) is 17.8. The molecule has 10 nitrogen and oxygen atoms in total. The monoisotopic (exact) mass is 381 g/mol. The molecule has 0 unspecified atom stereocenters. The van der Waals surface area contributed by atoms with E-state index in [0.717, 1.165) is 0 Å². The van der Waals surface area contributed by atoms with Gasteiger partial charge in [-0.2, -0.15) is 9.71 Å². The molecule has 0 spiro atoms. The number of aromatic nitrogens is 3. The van der Waals surface area contributed by atoms with E-state index in [1.54, 1.807) is 4.90 Å². The molecule has 0 atom stereocenters. The second kappa shape index (κ2) is 6.71. The minimum atomic E-state index is -0.262. The van der Waals surface area contributed by atoms with Crippen molar-refractivity contribution in [3.8, 4) is 17.2 Å². The number of hydrogen-bond donors (Lipinski definition) is 1. The van der Waals surface area contributed by atoms with E-state index in [0.29, 0.717) is 4.73 Å². The summed E-state index contributed by atoms with van der Waals surface area (Å²) in [5.41, 5.74) is 6.02. The number of anilines is 2. The van der Waals surface area contributed by atoms with Crippen LogP contribution in [-0.2, 0) is 6.54 Å². The topological polar surface area (TPSA) is 127 Å². The Bertz CT molecular complexity index is 891. The van der Waals surface area contributed by atoms with Crippen LogP contribution < -0.4 is 29.6 Å². The van der Waals surface area contributed by atoms with E-state index in [4.69, 9.17) is 31.5 Å². The molecule has 138 valence electrons. The van der Waals surface area contributed by atoms with Crippen molar-refractivity contribution < 1.29 is 23.7 Å². The third kappa shape index (κ3) is 2.77. The molecule has 0 aliphatic carbocycles. The molecule has 0 amide bonds. The fraction of sp³-hybridized carbons (Fsp3) is 0.333. The number of methoxy groups -OCH3 is 3. The first-order chi connectivity index (χ1) is 12.4. The summed E-state index contributed by atoms with van der Waals surface area (Å²) in [4.78, 5) is 21.7. The highest BCUT2D eigenvalue weighted by Crippen LogP contribution is 2.39. The molecule has 2 aromatic rings. The summed E-state index contributed by atoms with van der Waals surface area (Å²) in [5, 5.41) is 12.4. The van der Waals surface area contributed by atoms with Gasteiger partial charge >= 0.3 is 0 Å². The van der Waals surface area contributed by atoms with Crippen LogP contribution in [0, 0.1) is 5.21 Å². The number of ketones is 1. The Labute approximate surface area is 153 Å². The average Bonchev–Trinajstić information content (AvgIpc) is 2.91. The number of halogens is 1. The SMILES string of the molecule is COc1c[n+]([O-])c(CN2CC(=O)c3c(Cl)nc(N)nc32)c(OC)c1OC. The van der Waals surface area contributed by atoms with Gasteiger partial charge in [0.25, 0.3) is 5.69 Å². The van der Waals surface area contributed by atoms with Crippen LogP contribution in [0.5, 0.6) is 17.2 Å². The van der Waals surface area contributed by atoms with Crippen LogP contribution in [0.4, 0.5) is 11.8 Å². The van der Waals surface area contributed by atoms with Gasteiger partial charge in [-0.3, -0.25) is 4.79 Å². The van der Waals surface area contributed by atoms with Crippen LogP contribution in [0.1, 0.15) is 16.1 Å². The standard InChI is InChI=1S/C15H16ClN5O5/c1-24-9-6-21(23)7(11(25-2)12(9)26-3)4-20-5-8(22)10-13(16)18-15(17)19-14(10)20/h6H,4-5H2,1-3H3,(H2,17,18,19). The summed E-state index contributed by atoms with van der Waals surface area (Å²) in [6.45, 7) is -0.0107. The van der Waals surface area contributed by atoms with Gasteiger partial charge in [0.05, 0.1) is 33.4 Å². The molecular formula is C15H16ClN5O5. The van der Waals surface area contributed by atoms with Gasteiger partial charge < -0.3 is 30.1 Å². The number of hydrogen-bond acceptors (Lipinski definition) is 9. The van der Waals surface area contributed by atoms with Crippen LogP contribution in [0.2, 0.25) is 5.15 Å². The van der Waals surface area contributed by atoms with Gasteiger partial charge in [-0.1, -0.05) is 11.6 Å². The Kier molecular flexibility index (Phi) is 4.60. The van der Waals surface area contributed by atoms with Gasteiger partial charge in [-0.25, -0.2) is 4.98 Å². The zero-order valence-corrected chi connectivity index (χ0v) is 15.0. The maximum Gasteiger partial charge on any atom is 0.258 e. The van der Waals surface area contributed by atoms with Gasteiger partial charge in [0.2, 0.25) is 29.4 Å². The first-order valence-corrected chi connectivity index (χ1v) is 7.81. The lowest BCUT2D eigenvalue weighted by atomic mass is 10.2. The van der Waals surface area contributed by atoms with Crippen molar-refractivity contribution in [2.24, 2.45) is 0 Å². The molecule has 0 aromatic carbocycles. The number of nitrogens with zero attached hydrogens (tertiary/aromatic N) is 4. The summed E-state index contributed by atoms with van der Waals surface area (Å²) in [7, 11) is 4.25. The summed E-state index contributed by atoms with van der Waals surface area (Å²) < 4.78 is 16.4. The van der Waals surface area contributed by atoms with E-state index in [1.807, 2.05) is 0 Å². The Morgan fingerprint density at radius 2 is 1.96 bits per heavy atom. The summed E-state index contributed by atoms with van der Waals surface area (Å²) >= 11 is 6.01. The molecule has 11 heteroatoms. The van der Waals surface area contributed by atoms with Crippen molar-refractivity contribution >= 4 is 29.2 Å². The molecular weight excluding hydrogens is 366 g/mol. The zero-order valence-electron chi connectivity index (χ0n) is 14.3. The number of pyridine rings is 1. The van der Waals surface area contributed by atoms with Crippen molar-refractivity contribution in [3.05, 3.63) is 27.8 Å². The second-order valence-electron chi connectivity index (χ2n) is 5.39. The maximum atomic E-state index is 12.5. The molecule has 3 heterocycles. The lowest BCUT2D eigenvalue weighted by Gasteiger charge is -2.20. The third-order valence-corrected chi connectivity index (χ3v) is 4.21. The minimum Gasteiger partial charge on any atom is -0.618 e. The highest BCUT2D eigenvalue weighted by molar-refractivity contribution is 6.34. The number of Topliss-reactive ketones (excluding diaryl/α,β-unsaturated/α-hetero) is 1. The predicted octanol–water partition coefficient (Wildman–Crippen LogP) is 0.574. The predicted molar refractivity (Wildman–Crippen MR) is 91.9 cm³/mol. The average molecular weight is 382 g/mol. The van der Waals surface area contributed by atoms with E-state index in [-0.39, 0.29) is 64.3 Å². The highest BCUT2D eigenvalue weighted by Gasteiger charge is 2.35. The fourth-order valence-electron chi connectivity index (χ4n) is 2.82. The van der Waals surface area contributed by atoms with Crippen molar-refractivity contribution in [1.82, 2.24) is 9.97 Å². The maximum absolute atomic E-state index is 12.5. The van der Waals surface area contributed by atoms with Crippen LogP contribution in [0.3, 0.4) is 0 Å². The highest BCUT2D eigenvalue weighted by atomic mass is 35.5. The van der Waals surface area contributed by atoms with Gasteiger partial charge in [0.15, 0.2) is 5.78 Å². The van der Waals surface area contributed by atoms with E-state index >= 15 is 0 Å².